The number of methoxy groups -OCH3 is 1. The molecule has 1 aromatic rings. The molecule has 1 aliphatic rings. The van der Waals surface area contributed by atoms with E-state index in [2.05, 4.69) is 104 Å². The number of sulfonamides is 1. The van der Waals surface area contributed by atoms with Crippen molar-refractivity contribution in [2.45, 2.75) is 139 Å². The Morgan fingerprint density at radius 3 is 1.92 bits per heavy atom. The maximum Gasteiger partial charge on any atom is 0.214 e. The molecule has 0 unspecified atom stereocenters. The monoisotopic (exact) mass is 567 g/mol. The van der Waals surface area contributed by atoms with Gasteiger partial charge in [0.1, 0.15) is 5.75 Å². The third-order valence-corrected chi connectivity index (χ3v) is 9.20. The fourth-order valence-electron chi connectivity index (χ4n) is 2.94. The van der Waals surface area contributed by atoms with E-state index in [1.165, 1.54) is 11.1 Å². The predicted molar refractivity (Wildman–Crippen MR) is 170 cm³/mol. The number of nitrogens with one attached hydrogen (secondary N) is 1. The second-order valence-electron chi connectivity index (χ2n) is 13.5. The van der Waals surface area contributed by atoms with Crippen molar-refractivity contribution in [2.24, 2.45) is 10.8 Å². The molecular formula is C33H61NO4S. The molecule has 0 atom stereocenters. The molecule has 0 bridgehead atoms. The van der Waals surface area contributed by atoms with E-state index in [-0.39, 0.29) is 11.3 Å². The highest BCUT2D eigenvalue weighted by Crippen LogP contribution is 2.36. The summed E-state index contributed by atoms with van der Waals surface area (Å²) in [5.41, 5.74) is 3.39. The van der Waals surface area contributed by atoms with Gasteiger partial charge >= 0.3 is 0 Å². The Labute approximate surface area is 242 Å². The highest BCUT2D eigenvalue weighted by Gasteiger charge is 2.35. The molecule has 1 saturated carbocycles. The molecule has 228 valence electrons. The summed E-state index contributed by atoms with van der Waals surface area (Å²) < 4.78 is 35.7. The fourth-order valence-corrected chi connectivity index (χ4v) is 4.55. The molecular weight excluding hydrogens is 506 g/mol. The number of hydrogen-bond donors (Lipinski definition) is 1. The molecule has 1 aliphatic carbocycles. The van der Waals surface area contributed by atoms with Gasteiger partial charge in [-0.1, -0.05) is 73.6 Å². The molecule has 1 fully saturated rings. The van der Waals surface area contributed by atoms with Crippen molar-refractivity contribution in [3.8, 4) is 5.75 Å². The van der Waals surface area contributed by atoms with Crippen molar-refractivity contribution >= 4 is 16.1 Å². The lowest BCUT2D eigenvalue weighted by atomic mass is 9.71. The summed E-state index contributed by atoms with van der Waals surface area (Å²) in [7, 11) is -1.21. The lowest BCUT2D eigenvalue weighted by Gasteiger charge is -2.34. The summed E-state index contributed by atoms with van der Waals surface area (Å²) in [6.45, 7) is 26.7. The van der Waals surface area contributed by atoms with E-state index < -0.39 is 10.0 Å². The zero-order chi connectivity index (χ0) is 30.4. The summed E-state index contributed by atoms with van der Waals surface area (Å²) >= 11 is 0. The molecule has 0 aliphatic heterocycles. The summed E-state index contributed by atoms with van der Waals surface area (Å²) in [4.78, 5) is 0. The number of benzene rings is 1. The number of rotatable bonds is 12. The van der Waals surface area contributed by atoms with Gasteiger partial charge < -0.3 is 9.47 Å². The lowest BCUT2D eigenvalue weighted by molar-refractivity contribution is 0.0762. The standard InChI is InChI=1S/C19H30O2.C8H18.C6H13NO2S/c1-15(2)17-11-12-19(20-5)18(14-17)10-8-6-7-9-13-21-16(3)4;1-7(2,3)8(4,5)6;1-5(2)7-10(8,9)6-3-4-6/h8,10-12,14-16H,6-7,9,13H2,1-5H3;1-6H3;5-7H,3-4H2,1-2H3/b10-8+;;. The maximum absolute atomic E-state index is 11.1. The maximum atomic E-state index is 11.1. The zero-order valence-corrected chi connectivity index (χ0v) is 28.3. The first-order valence-corrected chi connectivity index (χ1v) is 16.3. The van der Waals surface area contributed by atoms with E-state index in [0.29, 0.717) is 22.9 Å². The van der Waals surface area contributed by atoms with E-state index >= 15 is 0 Å². The molecule has 0 amide bonds. The normalized spacial score (nSPS) is 14.4. The predicted octanol–water partition coefficient (Wildman–Crippen LogP) is 8.98. The minimum atomic E-state index is -2.94. The minimum Gasteiger partial charge on any atom is -0.496 e. The van der Waals surface area contributed by atoms with Gasteiger partial charge in [-0.05, 0) is 94.2 Å². The van der Waals surface area contributed by atoms with E-state index in [4.69, 9.17) is 9.47 Å². The van der Waals surface area contributed by atoms with Crippen molar-refractivity contribution in [3.05, 3.63) is 35.4 Å². The third kappa shape index (κ3) is 17.1. The van der Waals surface area contributed by atoms with Gasteiger partial charge in [-0.25, -0.2) is 13.1 Å². The first-order valence-electron chi connectivity index (χ1n) is 14.8. The largest absolute Gasteiger partial charge is 0.496 e. The van der Waals surface area contributed by atoms with Gasteiger partial charge in [0.25, 0.3) is 0 Å². The fraction of sp³-hybridized carbons (Fsp3) is 0.758. The minimum absolute atomic E-state index is 0.0330. The van der Waals surface area contributed by atoms with Crippen LogP contribution in [-0.2, 0) is 14.8 Å². The van der Waals surface area contributed by atoms with Crippen LogP contribution in [0.2, 0.25) is 0 Å². The number of ether oxygens (including phenoxy) is 2. The topological polar surface area (TPSA) is 64.6 Å². The Balaban J connectivity index is 0.000000660. The van der Waals surface area contributed by atoms with Crippen molar-refractivity contribution in [1.82, 2.24) is 4.72 Å². The summed E-state index contributed by atoms with van der Waals surface area (Å²) in [6, 6.07) is 6.46. The van der Waals surface area contributed by atoms with Gasteiger partial charge in [-0.15, -0.1) is 0 Å². The quantitative estimate of drug-likeness (QED) is 0.256. The molecule has 0 saturated heterocycles. The molecule has 1 N–H and O–H groups in total. The Hall–Kier alpha value is -1.37. The first-order chi connectivity index (χ1) is 17.8. The second-order valence-corrected chi connectivity index (χ2v) is 15.5. The van der Waals surface area contributed by atoms with Gasteiger partial charge in [-0.2, -0.15) is 0 Å². The molecule has 6 heteroatoms. The Morgan fingerprint density at radius 2 is 1.51 bits per heavy atom. The Bertz CT molecular complexity index is 919. The van der Waals surface area contributed by atoms with Crippen LogP contribution >= 0.6 is 0 Å². The molecule has 0 aromatic heterocycles. The zero-order valence-electron chi connectivity index (χ0n) is 27.5. The van der Waals surface area contributed by atoms with Crippen LogP contribution in [0.1, 0.15) is 132 Å². The highest BCUT2D eigenvalue weighted by atomic mass is 32.2. The third-order valence-electron chi connectivity index (χ3n) is 7.05. The van der Waals surface area contributed by atoms with Gasteiger partial charge in [0.05, 0.1) is 18.5 Å². The van der Waals surface area contributed by atoms with Crippen LogP contribution < -0.4 is 9.46 Å². The van der Waals surface area contributed by atoms with Gasteiger partial charge in [0.2, 0.25) is 10.0 Å². The van der Waals surface area contributed by atoms with Crippen molar-refractivity contribution in [2.75, 3.05) is 13.7 Å². The lowest BCUT2D eigenvalue weighted by Crippen LogP contribution is -2.32. The molecule has 39 heavy (non-hydrogen) atoms. The summed E-state index contributed by atoms with van der Waals surface area (Å²) in [5, 5.41) is -0.0881. The molecule has 2 rings (SSSR count). The van der Waals surface area contributed by atoms with Crippen molar-refractivity contribution < 1.29 is 17.9 Å². The summed E-state index contributed by atoms with van der Waals surface area (Å²) in [5.74, 6) is 1.48. The van der Waals surface area contributed by atoms with Gasteiger partial charge in [-0.3, -0.25) is 0 Å². The van der Waals surface area contributed by atoms with E-state index in [9.17, 15) is 8.42 Å². The molecule has 5 nitrogen and oxygen atoms in total. The van der Waals surface area contributed by atoms with Crippen LogP contribution in [0, 0.1) is 10.8 Å². The van der Waals surface area contributed by atoms with Crippen molar-refractivity contribution in [1.29, 1.82) is 0 Å². The summed E-state index contributed by atoms with van der Waals surface area (Å²) in [6.07, 6.45) is 9.77. The van der Waals surface area contributed by atoms with Crippen LogP contribution in [0.25, 0.3) is 6.08 Å². The van der Waals surface area contributed by atoms with Crippen LogP contribution in [0.5, 0.6) is 5.75 Å². The van der Waals surface area contributed by atoms with Crippen LogP contribution in [0.15, 0.2) is 24.3 Å². The van der Waals surface area contributed by atoms with Gasteiger partial charge in [0.15, 0.2) is 0 Å². The van der Waals surface area contributed by atoms with Crippen LogP contribution in [-0.4, -0.2) is 39.5 Å². The average molecular weight is 568 g/mol. The van der Waals surface area contributed by atoms with Crippen LogP contribution in [0.4, 0.5) is 0 Å². The van der Waals surface area contributed by atoms with Crippen molar-refractivity contribution in [3.63, 3.8) is 0 Å². The average Bonchev–Trinajstić information content (AvgIpc) is 3.63. The van der Waals surface area contributed by atoms with Crippen LogP contribution in [0.3, 0.4) is 0 Å². The number of unbranched alkanes of at least 4 members (excludes halogenated alkanes) is 2. The molecule has 0 spiro atoms. The van der Waals surface area contributed by atoms with E-state index in [0.717, 1.165) is 44.5 Å². The molecule has 0 heterocycles. The Morgan fingerprint density at radius 1 is 0.949 bits per heavy atom. The highest BCUT2D eigenvalue weighted by molar-refractivity contribution is 7.90. The SMILES string of the molecule is CC(C)(C)C(C)(C)C.CC(C)NS(=O)(=O)C1CC1.COc1ccc(C(C)C)cc1/C=C/CCCCOC(C)C. The Kier molecular flexibility index (Phi) is 16.8. The number of allylic oxidation sites excluding steroid dienone is 1. The number of hydrogen-bond acceptors (Lipinski definition) is 4. The first kappa shape index (κ1) is 37.6. The van der Waals surface area contributed by atoms with E-state index in [1.807, 2.05) is 13.8 Å². The smallest absolute Gasteiger partial charge is 0.214 e. The molecule has 0 radical (unpaired) electrons. The van der Waals surface area contributed by atoms with E-state index in [1.54, 1.807) is 7.11 Å². The van der Waals surface area contributed by atoms with Gasteiger partial charge in [0, 0.05) is 18.2 Å². The molecule has 1 aromatic carbocycles. The second kappa shape index (κ2) is 17.4.